The summed E-state index contributed by atoms with van der Waals surface area (Å²) in [5, 5.41) is 4.31. The molecule has 0 spiro atoms. The number of hydrogen-bond acceptors (Lipinski definition) is 7. The number of rotatable bonds is 7. The minimum absolute atomic E-state index is 0.0812. The first-order valence-electron chi connectivity index (χ1n) is 13.2. The second-order valence-corrected chi connectivity index (χ2v) is 10.0. The van der Waals surface area contributed by atoms with E-state index in [0.717, 1.165) is 21.2 Å². The molecule has 1 fully saturated rings. The first-order valence-corrected chi connectivity index (χ1v) is 12.5. The molecule has 1 aliphatic heterocycles. The van der Waals surface area contributed by atoms with Gasteiger partial charge in [0.25, 0.3) is 11.8 Å². The Morgan fingerprint density at radius 2 is 1.97 bits per heavy atom. The van der Waals surface area contributed by atoms with E-state index >= 15 is 0 Å². The number of thiophene rings is 1. The molecule has 0 radical (unpaired) electrons. The molecule has 0 bridgehead atoms. The van der Waals surface area contributed by atoms with Gasteiger partial charge in [0.15, 0.2) is 5.78 Å². The number of aryl methyl sites for hydroxylation is 1. The normalized spacial score (nSPS) is 15.2. The zero-order chi connectivity index (χ0) is 28.8. The van der Waals surface area contributed by atoms with E-state index in [1.54, 1.807) is 43.5 Å². The third-order valence-corrected chi connectivity index (χ3v) is 7.88. The molecule has 0 atom stereocenters. The Bertz CT molecular complexity index is 1660. The smallest absolute Gasteiger partial charge is 0.267 e. The van der Waals surface area contributed by atoms with Crippen molar-refractivity contribution < 1.29 is 28.0 Å². The number of anilines is 1. The van der Waals surface area contributed by atoms with Crippen molar-refractivity contribution in [3.63, 3.8) is 0 Å². The summed E-state index contributed by atoms with van der Waals surface area (Å²) >= 11 is 1.26. The van der Waals surface area contributed by atoms with Crippen LogP contribution in [0.1, 0.15) is 52.6 Å². The summed E-state index contributed by atoms with van der Waals surface area (Å²) < 4.78 is 32.7. The lowest BCUT2D eigenvalue weighted by Crippen LogP contribution is -2.54. The van der Waals surface area contributed by atoms with E-state index in [9.17, 15) is 14.4 Å². The summed E-state index contributed by atoms with van der Waals surface area (Å²) in [5.41, 5.74) is 3.17. The van der Waals surface area contributed by atoms with Gasteiger partial charge in [-0.05, 0) is 55.3 Å². The second kappa shape index (κ2) is 10.0. The molecule has 190 valence electrons. The van der Waals surface area contributed by atoms with Crippen molar-refractivity contribution in [2.75, 3.05) is 32.6 Å². The Kier molecular flexibility index (Phi) is 5.80. The van der Waals surface area contributed by atoms with Crippen molar-refractivity contribution in [1.82, 2.24) is 9.88 Å². The number of carbonyl (C=O) groups is 3. The second-order valence-electron chi connectivity index (χ2n) is 8.99. The highest BCUT2D eigenvalue weighted by Gasteiger charge is 2.31. The lowest BCUT2D eigenvalue weighted by Gasteiger charge is -2.38. The van der Waals surface area contributed by atoms with Gasteiger partial charge in [-0.1, -0.05) is 12.1 Å². The van der Waals surface area contributed by atoms with Crippen LogP contribution in [0.25, 0.3) is 21.0 Å². The van der Waals surface area contributed by atoms with Crippen LogP contribution >= 0.6 is 11.3 Å². The number of pyridine rings is 1. The fourth-order valence-electron chi connectivity index (χ4n) is 4.64. The van der Waals surface area contributed by atoms with Crippen LogP contribution in [0.3, 0.4) is 0 Å². The Balaban J connectivity index is 1.39. The highest BCUT2D eigenvalue weighted by molar-refractivity contribution is 7.21. The number of nitrogens with one attached hydrogen (secondary N) is 1. The molecule has 5 rings (SSSR count). The Morgan fingerprint density at radius 1 is 1.16 bits per heavy atom. The van der Waals surface area contributed by atoms with E-state index in [-0.39, 0.29) is 30.7 Å². The molecule has 9 heteroatoms. The number of benzene rings is 2. The topological polar surface area (TPSA) is 97.8 Å². The summed E-state index contributed by atoms with van der Waals surface area (Å²) in [5.74, 6) is -0.361. The number of Topliss-reactive ketones (excluding diaryl/α,β-unsaturated/α-hetero) is 1. The molecule has 8 nitrogen and oxygen atoms in total. The maximum absolute atomic E-state index is 13.4. The van der Waals surface area contributed by atoms with Gasteiger partial charge in [0, 0.05) is 53.8 Å². The van der Waals surface area contributed by atoms with Crippen LogP contribution in [0.4, 0.5) is 5.82 Å². The molecule has 0 aliphatic carbocycles. The van der Waals surface area contributed by atoms with E-state index in [1.165, 1.54) is 23.2 Å². The first-order chi connectivity index (χ1) is 19.0. The summed E-state index contributed by atoms with van der Waals surface area (Å²) in [6.45, 7) is 4.10. The van der Waals surface area contributed by atoms with Crippen molar-refractivity contribution in [3.8, 4) is 0 Å². The third kappa shape index (κ3) is 4.50. The first kappa shape index (κ1) is 21.4. The molecule has 1 N–H and O–H groups in total. The number of ether oxygens (including phenoxy) is 2. The summed E-state index contributed by atoms with van der Waals surface area (Å²) in [4.78, 5) is 45.2. The van der Waals surface area contributed by atoms with E-state index < -0.39 is 13.1 Å². The van der Waals surface area contributed by atoms with Crippen molar-refractivity contribution >= 4 is 55.7 Å². The van der Waals surface area contributed by atoms with Crippen LogP contribution in [-0.2, 0) is 16.1 Å². The number of nitrogens with zero attached hydrogens (tertiary/aromatic N) is 2. The number of carbonyl (C=O) groups excluding carboxylic acids is 3. The predicted molar refractivity (Wildman–Crippen MR) is 144 cm³/mol. The molecular weight excluding hydrogens is 490 g/mol. The van der Waals surface area contributed by atoms with E-state index in [0.29, 0.717) is 39.3 Å². The van der Waals surface area contributed by atoms with Gasteiger partial charge >= 0.3 is 0 Å². The maximum atomic E-state index is 13.4. The number of fused-ring (bicyclic) bond motifs is 2. The lowest BCUT2D eigenvalue weighted by atomic mass is 10.0. The number of methoxy groups -OCH3 is 2. The summed E-state index contributed by atoms with van der Waals surface area (Å²) in [6.07, 6.45) is -0.527. The average Bonchev–Trinajstić information content (AvgIpc) is 3.22. The molecule has 1 aliphatic rings. The number of aromatic nitrogens is 1. The monoisotopic (exact) mass is 520 g/mol. The largest absolute Gasteiger partial charge is 0.380 e. The van der Waals surface area contributed by atoms with Crippen molar-refractivity contribution in [2.24, 2.45) is 0 Å². The molecule has 0 saturated carbocycles. The molecule has 0 unspecified atom stereocenters. The number of amides is 2. The van der Waals surface area contributed by atoms with Crippen LogP contribution < -0.4 is 5.32 Å². The average molecular weight is 521 g/mol. The van der Waals surface area contributed by atoms with Crippen LogP contribution in [0.15, 0.2) is 42.5 Å². The van der Waals surface area contributed by atoms with Gasteiger partial charge in [0.2, 0.25) is 0 Å². The lowest BCUT2D eigenvalue weighted by molar-refractivity contribution is -0.0191. The molecule has 3 heterocycles. The zero-order valence-corrected chi connectivity index (χ0v) is 21.4. The molecule has 2 amide bonds. The number of ketones is 1. The van der Waals surface area contributed by atoms with E-state index in [2.05, 4.69) is 10.3 Å². The fourth-order valence-corrected chi connectivity index (χ4v) is 5.95. The maximum Gasteiger partial charge on any atom is 0.267 e. The van der Waals surface area contributed by atoms with Gasteiger partial charge in [0.1, 0.15) is 5.82 Å². The van der Waals surface area contributed by atoms with Gasteiger partial charge in [-0.25, -0.2) is 4.98 Å². The Hall–Kier alpha value is -3.66. The minimum Gasteiger partial charge on any atom is -0.380 e. The number of likely N-dealkylation sites (tertiary alicyclic amines) is 1. The van der Waals surface area contributed by atoms with Crippen molar-refractivity contribution in [2.45, 2.75) is 26.6 Å². The van der Waals surface area contributed by atoms with Crippen LogP contribution in [0.2, 0.25) is 0 Å². The van der Waals surface area contributed by atoms with Gasteiger partial charge < -0.3 is 19.7 Å². The predicted octanol–water partition coefficient (Wildman–Crippen LogP) is 4.83. The van der Waals surface area contributed by atoms with Gasteiger partial charge in [-0.3, -0.25) is 14.4 Å². The van der Waals surface area contributed by atoms with Crippen LogP contribution in [0, 0.1) is 6.92 Å². The molecule has 2 aromatic carbocycles. The highest BCUT2D eigenvalue weighted by atomic mass is 32.1. The summed E-state index contributed by atoms with van der Waals surface area (Å²) in [6, 6.07) is 12.1. The Morgan fingerprint density at radius 3 is 2.70 bits per heavy atom. The SMILES string of the molecule is [2H]C([2H])([2H])OC1CN(C(=O)c2cccc3nc(NC(=O)c4sc5c(C(C)=O)ccc(COC)c5c4C)ccc23)C1. The fraction of sp³-hybridized carbons (Fsp3) is 0.286. The summed E-state index contributed by atoms with van der Waals surface area (Å²) in [7, 11) is -0.903. The molecule has 1 saturated heterocycles. The van der Waals surface area contributed by atoms with Gasteiger partial charge in [0.05, 0.1) is 27.2 Å². The number of hydrogen-bond donors (Lipinski definition) is 1. The highest BCUT2D eigenvalue weighted by Crippen LogP contribution is 2.37. The van der Waals surface area contributed by atoms with Gasteiger partial charge in [-0.15, -0.1) is 11.3 Å². The Labute approximate surface area is 222 Å². The quantitative estimate of drug-likeness (QED) is 0.351. The van der Waals surface area contributed by atoms with E-state index in [1.807, 2.05) is 13.0 Å². The zero-order valence-electron chi connectivity index (χ0n) is 23.6. The molecule has 4 aromatic rings. The van der Waals surface area contributed by atoms with Crippen molar-refractivity contribution in [3.05, 3.63) is 69.6 Å². The molecule has 2 aromatic heterocycles. The molecular formula is C28H27N3O5S. The van der Waals surface area contributed by atoms with Gasteiger partial charge in [-0.2, -0.15) is 0 Å². The van der Waals surface area contributed by atoms with Crippen LogP contribution in [0.5, 0.6) is 0 Å². The minimum atomic E-state index is -2.50. The van der Waals surface area contributed by atoms with Crippen molar-refractivity contribution in [1.29, 1.82) is 0 Å². The third-order valence-electron chi connectivity index (χ3n) is 6.55. The van der Waals surface area contributed by atoms with E-state index in [4.69, 9.17) is 13.6 Å². The van der Waals surface area contributed by atoms with Crippen LogP contribution in [-0.4, -0.2) is 60.8 Å². The standard InChI is InChI=1S/C28H27N3O5S/c1-15-24-17(14-35-3)8-9-19(16(2)32)26(24)37-25(15)27(33)30-23-11-10-20-21(6-5-7-22(20)29-23)28(34)31-12-18(13-31)36-4/h5-11,18H,12-14H2,1-4H3,(H,29,30,33)/i4D3. The molecule has 37 heavy (non-hydrogen) atoms.